The van der Waals surface area contributed by atoms with E-state index in [-0.39, 0.29) is 10.8 Å². The standard InChI is InChI=1S/C17H15N5O2S/c1-10(14-18-12-7-4-3-6-11(12)16(23)19-14)25-17-21-20-15(22(17)2)13-8-5-9-24-13/h3-10H,1-2H3,(H,18,19,23)/t10-/m1/s1. The maximum atomic E-state index is 12.2. The van der Waals surface area contributed by atoms with Gasteiger partial charge in [-0.3, -0.25) is 4.79 Å². The number of hydrogen-bond donors (Lipinski definition) is 1. The predicted molar refractivity (Wildman–Crippen MR) is 95.3 cm³/mol. The van der Waals surface area contributed by atoms with Crippen LogP contribution in [0.3, 0.4) is 0 Å². The number of aromatic nitrogens is 5. The van der Waals surface area contributed by atoms with Crippen molar-refractivity contribution in [2.45, 2.75) is 17.3 Å². The van der Waals surface area contributed by atoms with Gasteiger partial charge in [-0.1, -0.05) is 23.9 Å². The summed E-state index contributed by atoms with van der Waals surface area (Å²) in [6.07, 6.45) is 1.60. The summed E-state index contributed by atoms with van der Waals surface area (Å²) in [5.41, 5.74) is 0.547. The molecule has 0 aliphatic rings. The van der Waals surface area contributed by atoms with E-state index in [1.165, 1.54) is 11.8 Å². The molecule has 3 aromatic heterocycles. The Balaban J connectivity index is 1.65. The average Bonchev–Trinajstić information content (AvgIpc) is 3.25. The molecule has 8 heteroatoms. The summed E-state index contributed by atoms with van der Waals surface area (Å²) in [5, 5.41) is 9.61. The van der Waals surface area contributed by atoms with Crippen LogP contribution in [0.25, 0.3) is 22.5 Å². The number of nitrogens with one attached hydrogen (secondary N) is 1. The molecule has 0 unspecified atom stereocenters. The lowest BCUT2D eigenvalue weighted by Gasteiger charge is -2.10. The van der Waals surface area contributed by atoms with Gasteiger partial charge in [0, 0.05) is 7.05 Å². The minimum absolute atomic E-state index is 0.0929. The first-order chi connectivity index (χ1) is 12.1. The highest BCUT2D eigenvalue weighted by Crippen LogP contribution is 2.33. The van der Waals surface area contributed by atoms with E-state index in [0.29, 0.717) is 28.3 Å². The fourth-order valence-electron chi connectivity index (χ4n) is 2.55. The van der Waals surface area contributed by atoms with E-state index in [4.69, 9.17) is 4.42 Å². The van der Waals surface area contributed by atoms with Crippen LogP contribution in [0.1, 0.15) is 18.0 Å². The van der Waals surface area contributed by atoms with E-state index in [0.717, 1.165) is 5.16 Å². The number of aromatic amines is 1. The molecule has 0 saturated carbocycles. The third kappa shape index (κ3) is 2.85. The monoisotopic (exact) mass is 353 g/mol. The summed E-state index contributed by atoms with van der Waals surface area (Å²) in [7, 11) is 1.88. The van der Waals surface area contributed by atoms with Crippen molar-refractivity contribution in [3.8, 4) is 11.6 Å². The number of furan rings is 1. The van der Waals surface area contributed by atoms with E-state index in [1.54, 1.807) is 12.3 Å². The topological polar surface area (TPSA) is 89.6 Å². The Labute approximate surface area is 147 Å². The van der Waals surface area contributed by atoms with Crippen molar-refractivity contribution in [3.05, 3.63) is 58.8 Å². The molecule has 0 saturated heterocycles. The SMILES string of the molecule is C[C@@H](Sc1nnc(-c2ccco2)n1C)c1nc2ccccc2c(=O)[nH]1. The van der Waals surface area contributed by atoms with Crippen LogP contribution in [0.4, 0.5) is 0 Å². The molecule has 1 atom stereocenters. The van der Waals surface area contributed by atoms with Crippen molar-refractivity contribution in [1.29, 1.82) is 0 Å². The van der Waals surface area contributed by atoms with Crippen LogP contribution >= 0.6 is 11.8 Å². The molecule has 1 aromatic carbocycles. The van der Waals surface area contributed by atoms with Crippen LogP contribution in [-0.2, 0) is 7.05 Å². The normalized spacial score (nSPS) is 12.6. The molecule has 4 aromatic rings. The zero-order chi connectivity index (χ0) is 17.4. The summed E-state index contributed by atoms with van der Waals surface area (Å²) >= 11 is 1.47. The summed E-state index contributed by atoms with van der Waals surface area (Å²) in [6.45, 7) is 1.97. The molecular formula is C17H15N5O2S. The number of para-hydroxylation sites is 1. The Hall–Kier alpha value is -2.87. The zero-order valence-corrected chi connectivity index (χ0v) is 14.4. The van der Waals surface area contributed by atoms with Gasteiger partial charge in [0.2, 0.25) is 0 Å². The lowest BCUT2D eigenvalue weighted by Crippen LogP contribution is -2.13. The number of benzene rings is 1. The minimum Gasteiger partial charge on any atom is -0.461 e. The van der Waals surface area contributed by atoms with E-state index < -0.39 is 0 Å². The smallest absolute Gasteiger partial charge is 0.258 e. The Morgan fingerprint density at radius 3 is 2.84 bits per heavy atom. The highest BCUT2D eigenvalue weighted by Gasteiger charge is 2.18. The van der Waals surface area contributed by atoms with Crippen LogP contribution in [0, 0.1) is 0 Å². The number of hydrogen-bond acceptors (Lipinski definition) is 6. The van der Waals surface area contributed by atoms with Crippen molar-refractivity contribution in [3.63, 3.8) is 0 Å². The van der Waals surface area contributed by atoms with Crippen LogP contribution in [0.2, 0.25) is 0 Å². The van der Waals surface area contributed by atoms with Gasteiger partial charge in [-0.2, -0.15) is 0 Å². The first-order valence-corrected chi connectivity index (χ1v) is 8.60. The molecule has 0 aliphatic heterocycles. The van der Waals surface area contributed by atoms with E-state index in [2.05, 4.69) is 20.2 Å². The van der Waals surface area contributed by atoms with Crippen LogP contribution < -0.4 is 5.56 Å². The Bertz CT molecular complexity index is 1080. The summed E-state index contributed by atoms with van der Waals surface area (Å²) in [5.74, 6) is 1.92. The molecule has 0 radical (unpaired) electrons. The van der Waals surface area contributed by atoms with E-state index in [9.17, 15) is 4.79 Å². The van der Waals surface area contributed by atoms with Crippen LogP contribution in [-0.4, -0.2) is 24.7 Å². The maximum absolute atomic E-state index is 12.2. The highest BCUT2D eigenvalue weighted by atomic mass is 32.2. The molecule has 0 bridgehead atoms. The second kappa shape index (κ2) is 6.21. The summed E-state index contributed by atoms with van der Waals surface area (Å²) < 4.78 is 7.24. The van der Waals surface area contributed by atoms with Crippen LogP contribution in [0.15, 0.2) is 57.0 Å². The van der Waals surface area contributed by atoms with E-state index in [1.807, 2.05) is 48.9 Å². The van der Waals surface area contributed by atoms with Gasteiger partial charge in [0.1, 0.15) is 5.82 Å². The maximum Gasteiger partial charge on any atom is 0.258 e. The molecule has 4 rings (SSSR count). The Morgan fingerprint density at radius 2 is 2.04 bits per heavy atom. The quantitative estimate of drug-likeness (QED) is 0.567. The molecule has 3 heterocycles. The lowest BCUT2D eigenvalue weighted by atomic mass is 10.2. The fourth-order valence-corrected chi connectivity index (χ4v) is 3.42. The number of H-pyrrole nitrogens is 1. The molecule has 0 spiro atoms. The third-order valence-corrected chi connectivity index (χ3v) is 5.02. The van der Waals surface area contributed by atoms with Gasteiger partial charge in [-0.25, -0.2) is 4.98 Å². The first-order valence-electron chi connectivity index (χ1n) is 7.72. The molecule has 126 valence electrons. The Morgan fingerprint density at radius 1 is 1.20 bits per heavy atom. The van der Waals surface area contributed by atoms with Crippen LogP contribution in [0.5, 0.6) is 0 Å². The molecular weight excluding hydrogens is 338 g/mol. The predicted octanol–water partition coefficient (Wildman–Crippen LogP) is 3.16. The molecule has 25 heavy (non-hydrogen) atoms. The van der Waals surface area contributed by atoms with Crippen molar-refractivity contribution >= 4 is 22.7 Å². The first kappa shape index (κ1) is 15.6. The highest BCUT2D eigenvalue weighted by molar-refractivity contribution is 7.99. The molecule has 0 amide bonds. The largest absolute Gasteiger partial charge is 0.461 e. The number of thioether (sulfide) groups is 1. The van der Waals surface area contributed by atoms with Gasteiger partial charge in [-0.15, -0.1) is 10.2 Å². The third-order valence-electron chi connectivity index (χ3n) is 3.87. The van der Waals surface area contributed by atoms with Crippen molar-refractivity contribution in [2.24, 2.45) is 7.05 Å². The van der Waals surface area contributed by atoms with Gasteiger partial charge in [-0.05, 0) is 31.2 Å². The van der Waals surface area contributed by atoms with E-state index >= 15 is 0 Å². The second-order valence-electron chi connectivity index (χ2n) is 5.57. The number of fused-ring (bicyclic) bond motifs is 1. The summed E-state index contributed by atoms with van der Waals surface area (Å²) in [4.78, 5) is 19.7. The molecule has 0 fully saturated rings. The number of rotatable bonds is 4. The van der Waals surface area contributed by atoms with Gasteiger partial charge < -0.3 is 14.0 Å². The van der Waals surface area contributed by atoms with Gasteiger partial charge in [0.05, 0.1) is 22.4 Å². The zero-order valence-electron chi connectivity index (χ0n) is 13.6. The lowest BCUT2D eigenvalue weighted by molar-refractivity contribution is 0.572. The van der Waals surface area contributed by atoms with Gasteiger partial charge in [0.15, 0.2) is 16.7 Å². The van der Waals surface area contributed by atoms with Crippen molar-refractivity contribution in [2.75, 3.05) is 0 Å². The van der Waals surface area contributed by atoms with Crippen molar-refractivity contribution < 1.29 is 4.42 Å². The average molecular weight is 353 g/mol. The second-order valence-corrected chi connectivity index (χ2v) is 6.88. The van der Waals surface area contributed by atoms with Gasteiger partial charge >= 0.3 is 0 Å². The number of nitrogens with zero attached hydrogens (tertiary/aromatic N) is 4. The molecule has 1 N–H and O–H groups in total. The molecule has 7 nitrogen and oxygen atoms in total. The van der Waals surface area contributed by atoms with Gasteiger partial charge in [0.25, 0.3) is 5.56 Å². The van der Waals surface area contributed by atoms with Crippen molar-refractivity contribution in [1.82, 2.24) is 24.7 Å². The Kier molecular flexibility index (Phi) is 3.89. The summed E-state index contributed by atoms with van der Waals surface area (Å²) in [6, 6.07) is 10.9. The minimum atomic E-state index is -0.137. The fraction of sp³-hybridized carbons (Fsp3) is 0.176. The molecule has 0 aliphatic carbocycles.